The van der Waals surface area contributed by atoms with Gasteiger partial charge in [0, 0.05) is 17.1 Å². The van der Waals surface area contributed by atoms with Crippen LogP contribution in [0.25, 0.3) is 0 Å². The number of hydrogen-bond acceptors (Lipinski definition) is 0. The summed E-state index contributed by atoms with van der Waals surface area (Å²) in [4.78, 5) is 0. The molecule has 0 aliphatic carbocycles. The largest absolute Gasteiger partial charge is 0.0622 e. The van der Waals surface area contributed by atoms with Crippen molar-refractivity contribution in [3.05, 3.63) is 182 Å². The Balaban J connectivity index is 0.000000176. The molecule has 0 heterocycles. The predicted molar refractivity (Wildman–Crippen MR) is 170 cm³/mol. The summed E-state index contributed by atoms with van der Waals surface area (Å²) in [5.74, 6) is 0. The molecular formula is C36H30FeP2. The summed E-state index contributed by atoms with van der Waals surface area (Å²) in [7, 11) is -0.892. The zero-order valence-electron chi connectivity index (χ0n) is 21.6. The molecule has 0 spiro atoms. The van der Waals surface area contributed by atoms with Gasteiger partial charge in [-0.3, -0.25) is 0 Å². The standard InChI is InChI=1S/2C18H15P.Fe/c2*1-4-10-16(11-5-1)19(17-12-6-2-7-13-17)18-14-8-3-9-15-18;/h2*1-15H;. The molecule has 3 heteroatoms. The Morgan fingerprint density at radius 1 is 0.205 bits per heavy atom. The van der Waals surface area contributed by atoms with Crippen LogP contribution in [0.4, 0.5) is 0 Å². The zero-order valence-corrected chi connectivity index (χ0v) is 24.5. The number of benzene rings is 6. The second kappa shape index (κ2) is 15.3. The van der Waals surface area contributed by atoms with E-state index < -0.39 is 15.8 Å². The normalized spacial score (nSPS) is 10.3. The van der Waals surface area contributed by atoms with Crippen LogP contribution < -0.4 is 31.8 Å². The van der Waals surface area contributed by atoms with Crippen LogP contribution in [0, 0.1) is 0 Å². The minimum atomic E-state index is -0.446. The van der Waals surface area contributed by atoms with E-state index >= 15 is 0 Å². The summed E-state index contributed by atoms with van der Waals surface area (Å²) >= 11 is 0. The molecule has 39 heavy (non-hydrogen) atoms. The summed E-state index contributed by atoms with van der Waals surface area (Å²) < 4.78 is 0. The fourth-order valence-electron chi connectivity index (χ4n) is 4.36. The van der Waals surface area contributed by atoms with E-state index in [1.807, 2.05) is 0 Å². The van der Waals surface area contributed by atoms with Crippen LogP contribution in [0.5, 0.6) is 0 Å². The quantitative estimate of drug-likeness (QED) is 0.149. The van der Waals surface area contributed by atoms with Gasteiger partial charge in [0.2, 0.25) is 0 Å². The van der Waals surface area contributed by atoms with Crippen molar-refractivity contribution in [3.63, 3.8) is 0 Å². The van der Waals surface area contributed by atoms with Gasteiger partial charge < -0.3 is 0 Å². The van der Waals surface area contributed by atoms with E-state index in [9.17, 15) is 0 Å². The van der Waals surface area contributed by atoms with Crippen LogP contribution in [0.2, 0.25) is 0 Å². The molecule has 0 aliphatic rings. The first-order chi connectivity index (χ1) is 18.9. The van der Waals surface area contributed by atoms with Gasteiger partial charge in [-0.2, -0.15) is 0 Å². The first kappa shape index (κ1) is 28.7. The first-order valence-corrected chi connectivity index (χ1v) is 15.5. The van der Waals surface area contributed by atoms with E-state index in [2.05, 4.69) is 182 Å². The van der Waals surface area contributed by atoms with Gasteiger partial charge in [-0.05, 0) is 47.7 Å². The summed E-state index contributed by atoms with van der Waals surface area (Å²) in [5, 5.41) is 8.39. The molecule has 0 aliphatic heterocycles. The van der Waals surface area contributed by atoms with Crippen molar-refractivity contribution in [1.82, 2.24) is 0 Å². The molecule has 0 saturated heterocycles. The molecular weight excluding hydrogens is 550 g/mol. The first-order valence-electron chi connectivity index (χ1n) is 12.8. The van der Waals surface area contributed by atoms with Crippen LogP contribution in [0.15, 0.2) is 182 Å². The topological polar surface area (TPSA) is 0 Å². The van der Waals surface area contributed by atoms with Crippen LogP contribution in [0.3, 0.4) is 0 Å². The Morgan fingerprint density at radius 2 is 0.333 bits per heavy atom. The molecule has 6 aromatic carbocycles. The van der Waals surface area contributed by atoms with E-state index in [0.29, 0.717) is 0 Å². The van der Waals surface area contributed by atoms with Crippen molar-refractivity contribution in [3.8, 4) is 0 Å². The van der Waals surface area contributed by atoms with E-state index in [-0.39, 0.29) is 17.1 Å². The summed E-state index contributed by atoms with van der Waals surface area (Å²) in [6, 6.07) is 64.7. The third-order valence-corrected chi connectivity index (χ3v) is 11.0. The summed E-state index contributed by atoms with van der Waals surface area (Å²) in [5.41, 5.74) is 0. The second-order valence-corrected chi connectivity index (χ2v) is 13.1. The SMILES string of the molecule is [Fe].c1ccc(P(c2ccccc2)c2ccccc2)cc1.c1ccc(P(c2ccccc2)c2ccccc2)cc1. The Hall–Kier alpha value is -3.30. The molecule has 0 N–H and O–H groups in total. The van der Waals surface area contributed by atoms with Gasteiger partial charge >= 0.3 is 0 Å². The van der Waals surface area contributed by atoms with Crippen molar-refractivity contribution in [2.75, 3.05) is 0 Å². The van der Waals surface area contributed by atoms with Crippen molar-refractivity contribution in [2.24, 2.45) is 0 Å². The van der Waals surface area contributed by atoms with Gasteiger partial charge in [-0.25, -0.2) is 0 Å². The molecule has 0 atom stereocenters. The molecule has 0 unspecified atom stereocenters. The van der Waals surface area contributed by atoms with E-state index in [1.165, 1.54) is 31.8 Å². The fraction of sp³-hybridized carbons (Fsp3) is 0. The average molecular weight is 580 g/mol. The van der Waals surface area contributed by atoms with E-state index in [4.69, 9.17) is 0 Å². The summed E-state index contributed by atoms with van der Waals surface area (Å²) in [6.45, 7) is 0. The third-order valence-electron chi connectivity index (χ3n) is 6.09. The Morgan fingerprint density at radius 3 is 0.462 bits per heavy atom. The van der Waals surface area contributed by atoms with Crippen molar-refractivity contribution < 1.29 is 17.1 Å². The van der Waals surface area contributed by atoms with Gasteiger partial charge in [0.1, 0.15) is 0 Å². The molecule has 0 fully saturated rings. The Labute approximate surface area is 245 Å². The van der Waals surface area contributed by atoms with Crippen LogP contribution >= 0.6 is 15.8 Å². The predicted octanol–water partition coefficient (Wildman–Crippen LogP) is 6.89. The van der Waals surface area contributed by atoms with Crippen LogP contribution in [-0.4, -0.2) is 0 Å². The molecule has 0 radical (unpaired) electrons. The van der Waals surface area contributed by atoms with Crippen molar-refractivity contribution >= 4 is 47.7 Å². The molecule has 0 bridgehead atoms. The summed E-state index contributed by atoms with van der Waals surface area (Å²) in [6.07, 6.45) is 0. The number of hydrogen-bond donors (Lipinski definition) is 0. The van der Waals surface area contributed by atoms with Gasteiger partial charge in [0.05, 0.1) is 0 Å². The molecule has 0 aromatic heterocycles. The Kier molecular flexibility index (Phi) is 11.3. The molecule has 0 saturated carbocycles. The smallest absolute Gasteiger partial charge is 0 e. The maximum atomic E-state index is 2.23. The van der Waals surface area contributed by atoms with Crippen LogP contribution in [0.1, 0.15) is 0 Å². The molecule has 6 aromatic rings. The minimum absolute atomic E-state index is 0. The van der Waals surface area contributed by atoms with Crippen LogP contribution in [-0.2, 0) is 17.1 Å². The molecule has 0 amide bonds. The maximum absolute atomic E-state index is 2.23. The van der Waals surface area contributed by atoms with Gasteiger partial charge in [-0.15, -0.1) is 0 Å². The monoisotopic (exact) mass is 580 g/mol. The second-order valence-electron chi connectivity index (χ2n) is 8.68. The molecule has 0 nitrogen and oxygen atoms in total. The molecule has 192 valence electrons. The van der Waals surface area contributed by atoms with Gasteiger partial charge in [0.15, 0.2) is 0 Å². The van der Waals surface area contributed by atoms with Gasteiger partial charge in [0.25, 0.3) is 0 Å². The maximum Gasteiger partial charge on any atom is 0 e. The van der Waals surface area contributed by atoms with Crippen molar-refractivity contribution in [2.45, 2.75) is 0 Å². The third kappa shape index (κ3) is 7.86. The fourth-order valence-corrected chi connectivity index (χ4v) is 8.97. The van der Waals surface area contributed by atoms with E-state index in [0.717, 1.165) is 0 Å². The van der Waals surface area contributed by atoms with E-state index in [1.54, 1.807) is 0 Å². The molecule has 6 rings (SSSR count). The average Bonchev–Trinajstić information content (AvgIpc) is 3.01. The zero-order chi connectivity index (χ0) is 25.8. The number of rotatable bonds is 6. The van der Waals surface area contributed by atoms with Gasteiger partial charge in [-0.1, -0.05) is 182 Å². The Bertz CT molecular complexity index is 1170. The minimum Gasteiger partial charge on any atom is -0.0622 e. The van der Waals surface area contributed by atoms with Crippen molar-refractivity contribution in [1.29, 1.82) is 0 Å².